The van der Waals surface area contributed by atoms with Crippen molar-refractivity contribution in [1.82, 2.24) is 9.78 Å². The predicted molar refractivity (Wildman–Crippen MR) is 136 cm³/mol. The second kappa shape index (κ2) is 10.1. The molecule has 0 aliphatic heterocycles. The normalized spacial score (nSPS) is 12.7. The lowest BCUT2D eigenvalue weighted by Crippen LogP contribution is -2.25. The number of carbonyl (C=O) groups is 2. The maximum absolute atomic E-state index is 14.4. The number of para-hydroxylation sites is 1. The number of benzene rings is 3. The molecule has 0 fully saturated rings. The molecule has 0 spiro atoms. The van der Waals surface area contributed by atoms with Crippen LogP contribution in [0.15, 0.2) is 66.4 Å². The van der Waals surface area contributed by atoms with Crippen molar-refractivity contribution < 1.29 is 36.3 Å². The Labute approximate surface area is 224 Å². The number of Topliss-reactive ketones (excluding diaryl/α,β-unsaturated/α-hetero) is 2. The van der Waals surface area contributed by atoms with Crippen LogP contribution in [0.3, 0.4) is 0 Å². The molecule has 0 unspecified atom stereocenters. The van der Waals surface area contributed by atoms with Crippen molar-refractivity contribution in [2.75, 3.05) is 5.73 Å². The average Bonchev–Trinajstić information content (AvgIpc) is 3.48. The summed E-state index contributed by atoms with van der Waals surface area (Å²) in [4.78, 5) is 24.6. The molecular formula is C29H20F5N3O3. The minimum absolute atomic E-state index is 0.0212. The summed E-state index contributed by atoms with van der Waals surface area (Å²) in [6.07, 6.45) is -3.46. The van der Waals surface area contributed by atoms with E-state index in [9.17, 15) is 31.5 Å². The predicted octanol–water partition coefficient (Wildman–Crippen LogP) is 6.33. The largest absolute Gasteiger partial charge is 0.454 e. The van der Waals surface area contributed by atoms with Gasteiger partial charge < -0.3 is 10.5 Å². The van der Waals surface area contributed by atoms with E-state index in [-0.39, 0.29) is 29.1 Å². The summed E-state index contributed by atoms with van der Waals surface area (Å²) in [7, 11) is 0. The van der Waals surface area contributed by atoms with Gasteiger partial charge in [-0.1, -0.05) is 18.2 Å². The molecule has 6 nitrogen and oxygen atoms in total. The summed E-state index contributed by atoms with van der Waals surface area (Å²) in [6, 6.07) is 13.1. The van der Waals surface area contributed by atoms with Crippen LogP contribution >= 0.6 is 0 Å². The summed E-state index contributed by atoms with van der Waals surface area (Å²) in [6.45, 7) is 1.76. The van der Waals surface area contributed by atoms with Crippen LogP contribution in [0.2, 0.25) is 0 Å². The molecule has 0 bridgehead atoms. The van der Waals surface area contributed by atoms with Crippen molar-refractivity contribution in [3.63, 3.8) is 0 Å². The van der Waals surface area contributed by atoms with E-state index in [1.807, 2.05) is 0 Å². The number of aryl methyl sites for hydroxylation is 1. The van der Waals surface area contributed by atoms with Gasteiger partial charge in [-0.15, -0.1) is 0 Å². The van der Waals surface area contributed by atoms with E-state index < -0.39 is 41.4 Å². The molecule has 1 aliphatic carbocycles. The average molecular weight is 553 g/mol. The Kier molecular flexibility index (Phi) is 6.74. The molecule has 40 heavy (non-hydrogen) atoms. The van der Waals surface area contributed by atoms with Gasteiger partial charge in [-0.2, -0.15) is 18.3 Å². The van der Waals surface area contributed by atoms with Gasteiger partial charge in [0.1, 0.15) is 17.4 Å². The summed E-state index contributed by atoms with van der Waals surface area (Å²) < 4.78 is 73.2. The molecule has 11 heteroatoms. The number of halogens is 5. The van der Waals surface area contributed by atoms with Gasteiger partial charge in [-0.25, -0.2) is 13.5 Å². The number of hydrogen-bond donors (Lipinski definition) is 1. The van der Waals surface area contributed by atoms with Crippen LogP contribution in [0.5, 0.6) is 11.5 Å². The van der Waals surface area contributed by atoms with Crippen LogP contribution < -0.4 is 10.5 Å². The lowest BCUT2D eigenvalue weighted by atomic mass is 10.00. The monoisotopic (exact) mass is 553 g/mol. The standard InChI is InChI=1S/C29H20F5N3O3/c1-15-8-20(40-25-5-3-2-4-22(25)30)6-7-24(15)37-28(35)21(14-36-37)27(39)19-10-16-9-18(13-26(38)29(32,33)34)23(31)12-17(16)11-19/h2-9,11-12,14H,10,13,35H2,1H3. The molecule has 3 aromatic carbocycles. The maximum atomic E-state index is 14.4. The highest BCUT2D eigenvalue weighted by Gasteiger charge is 2.38. The summed E-state index contributed by atoms with van der Waals surface area (Å²) >= 11 is 0. The first-order chi connectivity index (χ1) is 18.9. The zero-order chi connectivity index (χ0) is 28.8. The number of nitrogens with two attached hydrogens (primary N) is 1. The molecule has 204 valence electrons. The van der Waals surface area contributed by atoms with Crippen LogP contribution in [0, 0.1) is 18.6 Å². The SMILES string of the molecule is Cc1cc(Oc2ccccc2F)ccc1-n1ncc(C(=O)C2=Cc3cc(F)c(CC(=O)C(F)(F)F)cc3C2)c1N. The smallest absolute Gasteiger partial charge is 0.450 e. The summed E-state index contributed by atoms with van der Waals surface area (Å²) in [5.74, 6) is -3.54. The van der Waals surface area contributed by atoms with E-state index in [0.717, 1.165) is 6.07 Å². The molecule has 4 aromatic rings. The third kappa shape index (κ3) is 5.09. The summed E-state index contributed by atoms with van der Waals surface area (Å²) in [5, 5.41) is 4.24. The van der Waals surface area contributed by atoms with Crippen LogP contribution in [0.1, 0.15) is 32.6 Å². The second-order valence-electron chi connectivity index (χ2n) is 9.25. The number of allylic oxidation sites excluding steroid dienone is 1. The highest BCUT2D eigenvalue weighted by atomic mass is 19.4. The topological polar surface area (TPSA) is 87.2 Å². The van der Waals surface area contributed by atoms with E-state index >= 15 is 0 Å². The summed E-state index contributed by atoms with van der Waals surface area (Å²) in [5.41, 5.74) is 8.16. The highest BCUT2D eigenvalue weighted by molar-refractivity contribution is 6.15. The minimum Gasteiger partial charge on any atom is -0.454 e. The van der Waals surface area contributed by atoms with E-state index in [1.54, 1.807) is 37.3 Å². The lowest BCUT2D eigenvalue weighted by molar-refractivity contribution is -0.170. The van der Waals surface area contributed by atoms with Crippen LogP contribution in [-0.2, 0) is 17.6 Å². The van der Waals surface area contributed by atoms with Gasteiger partial charge in [0.2, 0.25) is 5.78 Å². The number of nitrogen functional groups attached to an aromatic ring is 1. The molecule has 0 amide bonds. The maximum Gasteiger partial charge on any atom is 0.450 e. The zero-order valence-corrected chi connectivity index (χ0v) is 20.9. The van der Waals surface area contributed by atoms with Crippen molar-refractivity contribution in [1.29, 1.82) is 0 Å². The molecule has 2 N–H and O–H groups in total. The fourth-order valence-corrected chi connectivity index (χ4v) is 4.45. The van der Waals surface area contributed by atoms with Crippen molar-refractivity contribution in [2.24, 2.45) is 0 Å². The number of aromatic nitrogens is 2. The van der Waals surface area contributed by atoms with Gasteiger partial charge in [0.15, 0.2) is 17.3 Å². The number of nitrogens with zero attached hydrogens (tertiary/aromatic N) is 2. The molecule has 0 radical (unpaired) electrons. The van der Waals surface area contributed by atoms with E-state index in [2.05, 4.69) is 5.10 Å². The van der Waals surface area contributed by atoms with E-state index in [0.29, 0.717) is 28.1 Å². The molecule has 1 heterocycles. The molecule has 5 rings (SSSR count). The molecule has 0 atom stereocenters. The lowest BCUT2D eigenvalue weighted by Gasteiger charge is -2.12. The second-order valence-corrected chi connectivity index (χ2v) is 9.25. The number of anilines is 1. The fourth-order valence-electron chi connectivity index (χ4n) is 4.45. The van der Waals surface area contributed by atoms with Crippen molar-refractivity contribution in [3.8, 4) is 17.2 Å². The van der Waals surface area contributed by atoms with E-state index in [1.165, 1.54) is 35.2 Å². The highest BCUT2D eigenvalue weighted by Crippen LogP contribution is 2.33. The Morgan fingerprint density at radius 2 is 1.80 bits per heavy atom. The Morgan fingerprint density at radius 3 is 2.50 bits per heavy atom. The number of ketones is 2. The molecule has 1 aromatic heterocycles. The van der Waals surface area contributed by atoms with Gasteiger partial charge in [0.05, 0.1) is 17.4 Å². The molecular weight excluding hydrogens is 533 g/mol. The minimum atomic E-state index is -5.08. The molecule has 0 saturated carbocycles. The Hall–Kier alpha value is -4.80. The number of fused-ring (bicyclic) bond motifs is 1. The molecule has 0 saturated heterocycles. The molecule has 1 aliphatic rings. The van der Waals surface area contributed by atoms with E-state index in [4.69, 9.17) is 10.5 Å². The number of carbonyl (C=O) groups excluding carboxylic acids is 2. The number of ether oxygens (including phenoxy) is 1. The van der Waals surface area contributed by atoms with Gasteiger partial charge in [0, 0.05) is 18.4 Å². The Balaban J connectivity index is 1.35. The first-order valence-corrected chi connectivity index (χ1v) is 12.0. The fraction of sp³-hybridized carbons (Fsp3) is 0.138. The number of alkyl halides is 3. The zero-order valence-electron chi connectivity index (χ0n) is 20.9. The first-order valence-electron chi connectivity index (χ1n) is 12.0. The van der Waals surface area contributed by atoms with Gasteiger partial charge >= 0.3 is 6.18 Å². The van der Waals surface area contributed by atoms with Crippen molar-refractivity contribution in [2.45, 2.75) is 25.9 Å². The third-order valence-corrected chi connectivity index (χ3v) is 6.49. The Bertz CT molecular complexity index is 1710. The van der Waals surface area contributed by atoms with Crippen LogP contribution in [-0.4, -0.2) is 27.5 Å². The van der Waals surface area contributed by atoms with Crippen LogP contribution in [0.25, 0.3) is 11.8 Å². The van der Waals surface area contributed by atoms with Gasteiger partial charge in [-0.3, -0.25) is 9.59 Å². The van der Waals surface area contributed by atoms with Crippen molar-refractivity contribution >= 4 is 23.5 Å². The van der Waals surface area contributed by atoms with Crippen molar-refractivity contribution in [3.05, 3.63) is 106 Å². The quantitative estimate of drug-likeness (QED) is 0.214. The van der Waals surface area contributed by atoms with Gasteiger partial charge in [-0.05, 0) is 71.7 Å². The third-order valence-electron chi connectivity index (χ3n) is 6.49. The number of hydrogen-bond acceptors (Lipinski definition) is 5. The number of rotatable bonds is 7. The van der Waals surface area contributed by atoms with Crippen LogP contribution in [0.4, 0.5) is 27.8 Å². The first kappa shape index (κ1) is 26.8. The van der Waals surface area contributed by atoms with Gasteiger partial charge in [0.25, 0.3) is 0 Å². The Morgan fingerprint density at radius 1 is 1.05 bits per heavy atom.